The first-order valence-electron chi connectivity index (χ1n) is 7.35. The maximum Gasteiger partial charge on any atom is 0.321 e. The molecule has 1 aromatic rings. The molecule has 0 aliphatic heterocycles. The summed E-state index contributed by atoms with van der Waals surface area (Å²) in [5.74, 6) is -1.73. The molecular formula is C16H21ClN2O4. The highest BCUT2D eigenvalue weighted by molar-refractivity contribution is 6.30. The van der Waals surface area contributed by atoms with E-state index in [1.165, 1.54) is 0 Å². The van der Waals surface area contributed by atoms with E-state index >= 15 is 0 Å². The van der Waals surface area contributed by atoms with Crippen molar-refractivity contribution in [3.63, 3.8) is 0 Å². The molecule has 0 radical (unpaired) electrons. The van der Waals surface area contributed by atoms with Crippen LogP contribution in [0.2, 0.25) is 5.02 Å². The number of halogens is 1. The van der Waals surface area contributed by atoms with E-state index in [9.17, 15) is 14.4 Å². The average molecular weight is 341 g/mol. The van der Waals surface area contributed by atoms with Gasteiger partial charge in [0.05, 0.1) is 5.92 Å². The molecule has 3 amide bonds. The van der Waals surface area contributed by atoms with Crippen LogP contribution in [0.4, 0.5) is 4.79 Å². The molecule has 7 heteroatoms. The number of rotatable bonds is 6. The minimum absolute atomic E-state index is 0.0184. The summed E-state index contributed by atoms with van der Waals surface area (Å²) in [6.07, 6.45) is 0. The van der Waals surface area contributed by atoms with E-state index in [1.54, 1.807) is 31.2 Å². The van der Waals surface area contributed by atoms with Crippen molar-refractivity contribution in [2.24, 2.45) is 5.92 Å². The number of carbonyl (C=O) groups is 3. The van der Waals surface area contributed by atoms with E-state index in [0.29, 0.717) is 11.6 Å². The fraction of sp³-hybridized carbons (Fsp3) is 0.438. The smallest absolute Gasteiger partial charge is 0.321 e. The third-order valence-electron chi connectivity index (χ3n) is 3.09. The van der Waals surface area contributed by atoms with Gasteiger partial charge in [0.15, 0.2) is 6.61 Å². The number of carbonyl (C=O) groups excluding carboxylic acids is 3. The Balaban J connectivity index is 2.64. The molecule has 1 atom stereocenters. The summed E-state index contributed by atoms with van der Waals surface area (Å²) in [4.78, 5) is 35.0. The maximum atomic E-state index is 12.3. The Hall–Kier alpha value is -2.08. The van der Waals surface area contributed by atoms with Crippen molar-refractivity contribution < 1.29 is 19.1 Å². The van der Waals surface area contributed by atoms with Crippen LogP contribution in [0.1, 0.15) is 32.3 Å². The number of nitrogens with one attached hydrogen (secondary N) is 2. The van der Waals surface area contributed by atoms with E-state index in [0.717, 1.165) is 5.56 Å². The van der Waals surface area contributed by atoms with Gasteiger partial charge in [0, 0.05) is 11.6 Å². The van der Waals surface area contributed by atoms with Gasteiger partial charge in [-0.1, -0.05) is 37.6 Å². The van der Waals surface area contributed by atoms with Gasteiger partial charge in [0.2, 0.25) is 0 Å². The highest BCUT2D eigenvalue weighted by Crippen LogP contribution is 2.27. The van der Waals surface area contributed by atoms with Crippen molar-refractivity contribution in [1.82, 2.24) is 10.6 Å². The monoisotopic (exact) mass is 340 g/mol. The first kappa shape index (κ1) is 19.0. The zero-order valence-electron chi connectivity index (χ0n) is 13.4. The van der Waals surface area contributed by atoms with Gasteiger partial charge in [-0.3, -0.25) is 14.9 Å². The molecule has 0 bridgehead atoms. The van der Waals surface area contributed by atoms with Crippen LogP contribution >= 0.6 is 11.6 Å². The average Bonchev–Trinajstić information content (AvgIpc) is 2.47. The Morgan fingerprint density at radius 2 is 1.78 bits per heavy atom. The Labute approximate surface area is 140 Å². The van der Waals surface area contributed by atoms with Crippen LogP contribution in [0.25, 0.3) is 0 Å². The third-order valence-corrected chi connectivity index (χ3v) is 3.34. The summed E-state index contributed by atoms with van der Waals surface area (Å²) >= 11 is 5.85. The lowest BCUT2D eigenvalue weighted by Gasteiger charge is -2.19. The SMILES string of the molecule is CCNC(=O)NC(=O)COC(=O)[C@@H](c1ccc(Cl)cc1)C(C)C. The summed E-state index contributed by atoms with van der Waals surface area (Å²) in [5.41, 5.74) is 0.763. The van der Waals surface area contributed by atoms with Crippen LogP contribution in [0, 0.1) is 5.92 Å². The maximum absolute atomic E-state index is 12.3. The Bertz CT molecular complexity index is 558. The van der Waals surface area contributed by atoms with Crippen molar-refractivity contribution >= 4 is 29.5 Å². The van der Waals surface area contributed by atoms with Gasteiger partial charge in [-0.15, -0.1) is 0 Å². The van der Waals surface area contributed by atoms with E-state index < -0.39 is 30.4 Å². The molecule has 0 unspecified atom stereocenters. The van der Waals surface area contributed by atoms with E-state index in [4.69, 9.17) is 16.3 Å². The van der Waals surface area contributed by atoms with Crippen molar-refractivity contribution in [2.45, 2.75) is 26.7 Å². The lowest BCUT2D eigenvalue weighted by Crippen LogP contribution is -2.41. The molecule has 0 aliphatic rings. The number of urea groups is 1. The predicted molar refractivity (Wildman–Crippen MR) is 87.2 cm³/mol. The molecule has 0 aliphatic carbocycles. The van der Waals surface area contributed by atoms with E-state index in [2.05, 4.69) is 10.6 Å². The number of hydrogen-bond donors (Lipinski definition) is 2. The zero-order valence-corrected chi connectivity index (χ0v) is 14.1. The number of esters is 1. The van der Waals surface area contributed by atoms with Crippen LogP contribution in [0.5, 0.6) is 0 Å². The predicted octanol–water partition coefficient (Wildman–Crippen LogP) is 2.47. The van der Waals surface area contributed by atoms with Gasteiger partial charge in [-0.05, 0) is 30.5 Å². The summed E-state index contributed by atoms with van der Waals surface area (Å²) < 4.78 is 5.03. The molecule has 1 rings (SSSR count). The second-order valence-electron chi connectivity index (χ2n) is 5.29. The second kappa shape index (κ2) is 9.15. The minimum atomic E-state index is -0.678. The number of ether oxygens (including phenoxy) is 1. The fourth-order valence-electron chi connectivity index (χ4n) is 2.06. The fourth-order valence-corrected chi connectivity index (χ4v) is 2.18. The van der Waals surface area contributed by atoms with Crippen LogP contribution in [-0.4, -0.2) is 31.1 Å². The molecule has 0 aromatic heterocycles. The van der Waals surface area contributed by atoms with E-state index in [-0.39, 0.29) is 5.92 Å². The largest absolute Gasteiger partial charge is 0.455 e. The van der Waals surface area contributed by atoms with Crippen molar-refractivity contribution in [1.29, 1.82) is 0 Å². The molecule has 0 saturated heterocycles. The van der Waals surface area contributed by atoms with Crippen molar-refractivity contribution in [2.75, 3.05) is 13.2 Å². The van der Waals surface area contributed by atoms with Crippen LogP contribution < -0.4 is 10.6 Å². The molecule has 1 aromatic carbocycles. The minimum Gasteiger partial charge on any atom is -0.455 e. The van der Waals surface area contributed by atoms with Gasteiger partial charge in [-0.2, -0.15) is 0 Å². The molecule has 126 valence electrons. The van der Waals surface area contributed by atoms with Crippen LogP contribution in [-0.2, 0) is 14.3 Å². The van der Waals surface area contributed by atoms with Crippen molar-refractivity contribution in [3.05, 3.63) is 34.9 Å². The molecule has 0 saturated carbocycles. The van der Waals surface area contributed by atoms with E-state index in [1.807, 2.05) is 13.8 Å². The molecule has 23 heavy (non-hydrogen) atoms. The number of benzene rings is 1. The topological polar surface area (TPSA) is 84.5 Å². The number of amides is 3. The third kappa shape index (κ3) is 6.28. The molecule has 0 spiro atoms. The molecule has 0 fully saturated rings. The summed E-state index contributed by atoms with van der Waals surface area (Å²) in [5, 5.41) is 5.06. The summed E-state index contributed by atoms with van der Waals surface area (Å²) in [7, 11) is 0. The van der Waals surface area contributed by atoms with Gasteiger partial charge in [-0.25, -0.2) is 4.79 Å². The highest BCUT2D eigenvalue weighted by atomic mass is 35.5. The summed E-state index contributed by atoms with van der Waals surface area (Å²) in [6, 6.07) is 6.28. The van der Waals surface area contributed by atoms with Gasteiger partial charge >= 0.3 is 12.0 Å². The van der Waals surface area contributed by atoms with Crippen LogP contribution in [0.15, 0.2) is 24.3 Å². The van der Waals surface area contributed by atoms with Gasteiger partial charge < -0.3 is 10.1 Å². The highest BCUT2D eigenvalue weighted by Gasteiger charge is 2.26. The Morgan fingerprint density at radius 3 is 2.30 bits per heavy atom. The lowest BCUT2D eigenvalue weighted by atomic mass is 9.88. The first-order valence-corrected chi connectivity index (χ1v) is 7.72. The number of imide groups is 1. The molecule has 2 N–H and O–H groups in total. The quantitative estimate of drug-likeness (QED) is 0.779. The Kier molecular flexibility index (Phi) is 7.54. The lowest BCUT2D eigenvalue weighted by molar-refractivity contribution is -0.150. The van der Waals surface area contributed by atoms with Crippen LogP contribution in [0.3, 0.4) is 0 Å². The zero-order chi connectivity index (χ0) is 17.4. The first-order chi connectivity index (χ1) is 10.8. The Morgan fingerprint density at radius 1 is 1.17 bits per heavy atom. The van der Waals surface area contributed by atoms with Crippen molar-refractivity contribution in [3.8, 4) is 0 Å². The normalized spacial score (nSPS) is 11.7. The standard InChI is InChI=1S/C16H21ClN2O4/c1-4-18-16(22)19-13(20)9-23-15(21)14(10(2)3)11-5-7-12(17)8-6-11/h5-8,10,14H,4,9H2,1-3H3,(H2,18,19,20,22)/t14-/m1/s1. The van der Waals surface area contributed by atoms with Gasteiger partial charge in [0.1, 0.15) is 0 Å². The second-order valence-corrected chi connectivity index (χ2v) is 5.73. The summed E-state index contributed by atoms with van der Waals surface area (Å²) in [6.45, 7) is 5.38. The molecular weight excluding hydrogens is 320 g/mol. The molecule has 0 heterocycles. The van der Waals surface area contributed by atoms with Gasteiger partial charge in [0.25, 0.3) is 5.91 Å². The molecule has 6 nitrogen and oxygen atoms in total. The number of hydrogen-bond acceptors (Lipinski definition) is 4.